The summed E-state index contributed by atoms with van der Waals surface area (Å²) in [7, 11) is 0. The second-order valence-electron chi connectivity index (χ2n) is 6.79. The number of anilines is 1. The number of hydrogen-bond acceptors (Lipinski definition) is 5. The van der Waals surface area contributed by atoms with Gasteiger partial charge in [0, 0.05) is 32.1 Å². The molecule has 6 nitrogen and oxygen atoms in total. The highest BCUT2D eigenvalue weighted by atomic mass is 16.3. The van der Waals surface area contributed by atoms with Crippen LogP contribution in [0.15, 0.2) is 34.9 Å². The molecule has 26 heavy (non-hydrogen) atoms. The Hall–Kier alpha value is -2.37. The van der Waals surface area contributed by atoms with E-state index in [0.29, 0.717) is 5.91 Å². The molecule has 2 aromatic rings. The van der Waals surface area contributed by atoms with Crippen molar-refractivity contribution in [1.82, 2.24) is 15.1 Å². The van der Waals surface area contributed by atoms with Crippen LogP contribution in [0.25, 0.3) is 11.5 Å². The van der Waals surface area contributed by atoms with E-state index < -0.39 is 0 Å². The van der Waals surface area contributed by atoms with Crippen molar-refractivity contribution < 1.29 is 9.21 Å². The lowest BCUT2D eigenvalue weighted by Crippen LogP contribution is -2.43. The van der Waals surface area contributed by atoms with Crippen molar-refractivity contribution in [3.8, 4) is 11.5 Å². The summed E-state index contributed by atoms with van der Waals surface area (Å²) in [6.45, 7) is 7.60. The molecule has 0 aliphatic carbocycles. The first-order chi connectivity index (χ1) is 12.7. The summed E-state index contributed by atoms with van der Waals surface area (Å²) in [6, 6.07) is 7.63. The third kappa shape index (κ3) is 4.23. The molecule has 0 aromatic carbocycles. The summed E-state index contributed by atoms with van der Waals surface area (Å²) in [6.07, 6.45) is 5.59. The molecule has 3 rings (SSSR count). The van der Waals surface area contributed by atoms with Crippen molar-refractivity contribution in [2.75, 3.05) is 31.1 Å². The first-order valence-electron chi connectivity index (χ1n) is 9.64. The maximum Gasteiger partial charge on any atom is 0.225 e. The number of hydrogen-bond donors (Lipinski definition) is 0. The van der Waals surface area contributed by atoms with E-state index in [-0.39, 0.29) is 5.92 Å². The van der Waals surface area contributed by atoms with Crippen LogP contribution in [-0.4, -0.2) is 47.2 Å². The molecule has 1 fully saturated rings. The van der Waals surface area contributed by atoms with Gasteiger partial charge < -0.3 is 14.2 Å². The highest BCUT2D eigenvalue weighted by Crippen LogP contribution is 2.24. The first-order valence-corrected chi connectivity index (χ1v) is 9.64. The molecule has 3 heterocycles. The molecular weight excluding hydrogens is 328 g/mol. The van der Waals surface area contributed by atoms with Gasteiger partial charge in [0.1, 0.15) is 5.69 Å². The fraction of sp³-hybridized carbons (Fsp3) is 0.550. The Balaban J connectivity index is 1.55. The summed E-state index contributed by atoms with van der Waals surface area (Å²) in [5, 5.41) is 8.61. The van der Waals surface area contributed by atoms with Crippen LogP contribution in [0.1, 0.15) is 39.5 Å². The maximum atomic E-state index is 12.7. The Labute approximate surface area is 155 Å². The summed E-state index contributed by atoms with van der Waals surface area (Å²) < 4.78 is 5.35. The predicted octanol–water partition coefficient (Wildman–Crippen LogP) is 3.60. The number of carbonyl (C=O) groups excluding carboxylic acids is 1. The monoisotopic (exact) mass is 356 g/mol. The van der Waals surface area contributed by atoms with Crippen LogP contribution in [0.4, 0.5) is 5.82 Å². The molecule has 0 spiro atoms. The molecule has 1 aliphatic rings. The number of piperidine rings is 1. The molecule has 0 saturated carbocycles. The van der Waals surface area contributed by atoms with Gasteiger partial charge in [-0.2, -0.15) is 0 Å². The Bertz CT molecular complexity index is 676. The average Bonchev–Trinajstić information content (AvgIpc) is 3.23. The highest BCUT2D eigenvalue weighted by molar-refractivity contribution is 5.79. The van der Waals surface area contributed by atoms with Crippen molar-refractivity contribution in [3.63, 3.8) is 0 Å². The van der Waals surface area contributed by atoms with Gasteiger partial charge in [0.05, 0.1) is 6.26 Å². The Morgan fingerprint density at radius 3 is 2.62 bits per heavy atom. The number of furan rings is 1. The lowest BCUT2D eigenvalue weighted by molar-refractivity contribution is -0.136. The van der Waals surface area contributed by atoms with Crippen LogP contribution in [0, 0.1) is 5.92 Å². The topological polar surface area (TPSA) is 62.5 Å². The molecule has 140 valence electrons. The normalized spacial score (nSPS) is 15.2. The molecule has 0 atom stereocenters. The molecule has 0 N–H and O–H groups in total. The van der Waals surface area contributed by atoms with Crippen LogP contribution < -0.4 is 4.90 Å². The highest BCUT2D eigenvalue weighted by Gasteiger charge is 2.28. The largest absolute Gasteiger partial charge is 0.463 e. The minimum absolute atomic E-state index is 0.137. The summed E-state index contributed by atoms with van der Waals surface area (Å²) >= 11 is 0. The number of carbonyl (C=O) groups is 1. The lowest BCUT2D eigenvalue weighted by Gasteiger charge is -2.34. The maximum absolute atomic E-state index is 12.7. The molecule has 0 unspecified atom stereocenters. The van der Waals surface area contributed by atoms with Crippen molar-refractivity contribution >= 4 is 11.7 Å². The van der Waals surface area contributed by atoms with E-state index in [2.05, 4.69) is 28.9 Å². The van der Waals surface area contributed by atoms with Crippen LogP contribution in [0.3, 0.4) is 0 Å². The zero-order chi connectivity index (χ0) is 18.4. The summed E-state index contributed by atoms with van der Waals surface area (Å²) in [5.74, 6) is 2.04. The smallest absolute Gasteiger partial charge is 0.225 e. The first kappa shape index (κ1) is 18.4. The van der Waals surface area contributed by atoms with Gasteiger partial charge >= 0.3 is 0 Å². The van der Waals surface area contributed by atoms with E-state index in [9.17, 15) is 4.79 Å². The predicted molar refractivity (Wildman–Crippen MR) is 102 cm³/mol. The van der Waals surface area contributed by atoms with Crippen LogP contribution >= 0.6 is 0 Å². The minimum atomic E-state index is 0.137. The van der Waals surface area contributed by atoms with Crippen molar-refractivity contribution in [3.05, 3.63) is 30.5 Å². The summed E-state index contributed by atoms with van der Waals surface area (Å²) in [5.41, 5.74) is 0.735. The second kappa shape index (κ2) is 8.83. The third-order valence-corrected chi connectivity index (χ3v) is 5.07. The second-order valence-corrected chi connectivity index (χ2v) is 6.79. The Kier molecular flexibility index (Phi) is 6.26. The Morgan fingerprint density at radius 1 is 1.23 bits per heavy atom. The van der Waals surface area contributed by atoms with E-state index in [4.69, 9.17) is 4.42 Å². The van der Waals surface area contributed by atoms with Gasteiger partial charge in [-0.3, -0.25) is 4.79 Å². The Morgan fingerprint density at radius 2 is 2.04 bits per heavy atom. The molecule has 0 bridgehead atoms. The lowest BCUT2D eigenvalue weighted by atomic mass is 9.95. The van der Waals surface area contributed by atoms with E-state index in [1.165, 1.54) is 0 Å². The number of nitrogens with zero attached hydrogens (tertiary/aromatic N) is 4. The zero-order valence-electron chi connectivity index (χ0n) is 15.7. The van der Waals surface area contributed by atoms with Crippen molar-refractivity contribution in [1.29, 1.82) is 0 Å². The van der Waals surface area contributed by atoms with Gasteiger partial charge in [-0.25, -0.2) is 0 Å². The zero-order valence-corrected chi connectivity index (χ0v) is 15.7. The minimum Gasteiger partial charge on any atom is -0.463 e. The molecular formula is C20H28N4O2. The van der Waals surface area contributed by atoms with Crippen molar-refractivity contribution in [2.45, 2.75) is 39.5 Å². The van der Waals surface area contributed by atoms with Crippen molar-refractivity contribution in [2.24, 2.45) is 5.92 Å². The molecule has 1 aliphatic heterocycles. The number of aromatic nitrogens is 2. The van der Waals surface area contributed by atoms with Gasteiger partial charge in [-0.05, 0) is 50.5 Å². The third-order valence-electron chi connectivity index (χ3n) is 5.07. The number of unbranched alkanes of at least 4 members (excludes halogenated alkanes) is 1. The average molecular weight is 356 g/mol. The molecule has 0 radical (unpaired) electrons. The molecule has 6 heteroatoms. The number of amides is 1. The fourth-order valence-corrected chi connectivity index (χ4v) is 3.44. The standard InChI is InChI=1S/C20H28N4O2/c1-3-5-12-23(4-2)20(25)16-10-13-24(14-11-16)19-9-8-17(21-22-19)18-7-6-15-26-18/h6-9,15-16H,3-5,10-14H2,1-2H3. The fourth-order valence-electron chi connectivity index (χ4n) is 3.44. The van der Waals surface area contributed by atoms with Gasteiger partial charge in [0.2, 0.25) is 5.91 Å². The van der Waals surface area contributed by atoms with E-state index in [1.807, 2.05) is 29.2 Å². The SMILES string of the molecule is CCCCN(CC)C(=O)C1CCN(c2ccc(-c3ccco3)nn2)CC1. The molecule has 2 aromatic heterocycles. The van der Waals surface area contributed by atoms with Gasteiger partial charge in [0.15, 0.2) is 11.6 Å². The van der Waals surface area contributed by atoms with Gasteiger partial charge in [-0.15, -0.1) is 10.2 Å². The quantitative estimate of drug-likeness (QED) is 0.758. The van der Waals surface area contributed by atoms with Crippen LogP contribution in [0.2, 0.25) is 0 Å². The van der Waals surface area contributed by atoms with E-state index in [0.717, 1.165) is 69.1 Å². The van der Waals surface area contributed by atoms with Crippen LogP contribution in [0.5, 0.6) is 0 Å². The van der Waals surface area contributed by atoms with E-state index >= 15 is 0 Å². The van der Waals surface area contributed by atoms with Crippen LogP contribution in [-0.2, 0) is 4.79 Å². The molecule has 1 amide bonds. The summed E-state index contributed by atoms with van der Waals surface area (Å²) in [4.78, 5) is 17.0. The van der Waals surface area contributed by atoms with Gasteiger partial charge in [-0.1, -0.05) is 13.3 Å². The molecule has 1 saturated heterocycles. The van der Waals surface area contributed by atoms with Gasteiger partial charge in [0.25, 0.3) is 0 Å². The van der Waals surface area contributed by atoms with E-state index in [1.54, 1.807) is 6.26 Å². The number of rotatable bonds is 7.